The van der Waals surface area contributed by atoms with E-state index in [0.717, 1.165) is 44.4 Å². The van der Waals surface area contributed by atoms with Crippen molar-refractivity contribution in [1.82, 2.24) is 5.32 Å². The lowest BCUT2D eigenvalue weighted by Crippen LogP contribution is -2.53. The summed E-state index contributed by atoms with van der Waals surface area (Å²) >= 11 is 0. The summed E-state index contributed by atoms with van der Waals surface area (Å²) in [6.07, 6.45) is 5.28. The van der Waals surface area contributed by atoms with Gasteiger partial charge in [-0.05, 0) is 43.9 Å². The van der Waals surface area contributed by atoms with Crippen molar-refractivity contribution in [3.8, 4) is 5.75 Å². The first-order chi connectivity index (χ1) is 9.73. The quantitative estimate of drug-likeness (QED) is 0.840. The van der Waals surface area contributed by atoms with Crippen molar-refractivity contribution in [2.75, 3.05) is 13.2 Å². The third-order valence-electron chi connectivity index (χ3n) is 4.30. The second kappa shape index (κ2) is 7.09. The van der Waals surface area contributed by atoms with Crippen LogP contribution in [0.15, 0.2) is 24.3 Å². The van der Waals surface area contributed by atoms with Gasteiger partial charge in [-0.1, -0.05) is 32.0 Å². The van der Waals surface area contributed by atoms with Gasteiger partial charge in [-0.2, -0.15) is 0 Å². The number of para-hydroxylation sites is 1. The average molecular weight is 277 g/mol. The summed E-state index contributed by atoms with van der Waals surface area (Å²) in [5.74, 6) is 1.00. The number of hydrogen-bond acceptors (Lipinski definition) is 3. The van der Waals surface area contributed by atoms with Gasteiger partial charge in [0.1, 0.15) is 11.9 Å². The molecule has 0 bridgehead atoms. The fourth-order valence-electron chi connectivity index (χ4n) is 3.23. The number of aliphatic hydroxyl groups excluding tert-OH is 1. The monoisotopic (exact) mass is 277 g/mol. The summed E-state index contributed by atoms with van der Waals surface area (Å²) in [5, 5.41) is 13.2. The zero-order valence-corrected chi connectivity index (χ0v) is 12.7. The molecule has 1 fully saturated rings. The first kappa shape index (κ1) is 15.3. The van der Waals surface area contributed by atoms with Gasteiger partial charge in [-0.15, -0.1) is 0 Å². The summed E-state index contributed by atoms with van der Waals surface area (Å²) in [4.78, 5) is 0. The van der Waals surface area contributed by atoms with Gasteiger partial charge in [0.15, 0.2) is 0 Å². The van der Waals surface area contributed by atoms with Crippen LogP contribution in [0.4, 0.5) is 0 Å². The highest BCUT2D eigenvalue weighted by Crippen LogP contribution is 2.32. The smallest absolute Gasteiger partial charge is 0.122 e. The molecular weight excluding hydrogens is 250 g/mol. The van der Waals surface area contributed by atoms with Crippen LogP contribution in [0.5, 0.6) is 5.75 Å². The van der Waals surface area contributed by atoms with Crippen molar-refractivity contribution < 1.29 is 9.84 Å². The topological polar surface area (TPSA) is 41.5 Å². The van der Waals surface area contributed by atoms with Crippen molar-refractivity contribution in [3.05, 3.63) is 29.8 Å². The third-order valence-corrected chi connectivity index (χ3v) is 4.30. The standard InChI is InChI=1S/C17H27NO2/c1-3-14-8-5-6-10-16(14)20-15-9-7-11-17(12-15,13-19)18-4-2/h5-6,8,10,15,18-19H,3-4,7,9,11-13H2,1-2H3. The Bertz CT molecular complexity index is 417. The summed E-state index contributed by atoms with van der Waals surface area (Å²) < 4.78 is 6.23. The van der Waals surface area contributed by atoms with Gasteiger partial charge in [0.25, 0.3) is 0 Å². The Morgan fingerprint density at radius 1 is 1.35 bits per heavy atom. The highest BCUT2D eigenvalue weighted by Gasteiger charge is 2.36. The summed E-state index contributed by atoms with van der Waals surface area (Å²) in [5.41, 5.74) is 1.11. The molecule has 0 saturated heterocycles. The van der Waals surface area contributed by atoms with Crippen LogP contribution in [0, 0.1) is 0 Å². The van der Waals surface area contributed by atoms with E-state index in [4.69, 9.17) is 4.74 Å². The number of aryl methyl sites for hydroxylation is 1. The second-order valence-corrected chi connectivity index (χ2v) is 5.77. The third kappa shape index (κ3) is 3.53. The van der Waals surface area contributed by atoms with Crippen molar-refractivity contribution in [2.45, 2.75) is 57.6 Å². The lowest BCUT2D eigenvalue weighted by Gasteiger charge is -2.40. The zero-order valence-electron chi connectivity index (χ0n) is 12.7. The van der Waals surface area contributed by atoms with E-state index in [9.17, 15) is 5.11 Å². The molecule has 1 aromatic rings. The van der Waals surface area contributed by atoms with Gasteiger partial charge in [0, 0.05) is 12.0 Å². The molecule has 0 amide bonds. The molecule has 0 aliphatic heterocycles. The van der Waals surface area contributed by atoms with E-state index in [-0.39, 0.29) is 18.2 Å². The number of rotatable bonds is 6. The predicted octanol–water partition coefficient (Wildman–Crippen LogP) is 2.91. The highest BCUT2D eigenvalue weighted by atomic mass is 16.5. The summed E-state index contributed by atoms with van der Waals surface area (Å²) in [7, 11) is 0. The molecule has 0 radical (unpaired) electrons. The van der Waals surface area contributed by atoms with Crippen molar-refractivity contribution >= 4 is 0 Å². The van der Waals surface area contributed by atoms with Crippen LogP contribution >= 0.6 is 0 Å². The molecular formula is C17H27NO2. The van der Waals surface area contributed by atoms with E-state index in [2.05, 4.69) is 37.4 Å². The molecule has 1 aliphatic carbocycles. The number of ether oxygens (including phenoxy) is 1. The van der Waals surface area contributed by atoms with E-state index >= 15 is 0 Å². The number of benzene rings is 1. The minimum atomic E-state index is -0.154. The van der Waals surface area contributed by atoms with E-state index in [0.29, 0.717) is 0 Å². The molecule has 1 saturated carbocycles. The van der Waals surface area contributed by atoms with E-state index in [1.54, 1.807) is 0 Å². The van der Waals surface area contributed by atoms with Gasteiger partial charge >= 0.3 is 0 Å². The lowest BCUT2D eigenvalue weighted by atomic mass is 9.80. The Labute approximate surface area is 122 Å². The van der Waals surface area contributed by atoms with Crippen LogP contribution in [-0.4, -0.2) is 29.9 Å². The molecule has 0 aromatic heterocycles. The minimum Gasteiger partial charge on any atom is -0.490 e. The largest absolute Gasteiger partial charge is 0.490 e. The van der Waals surface area contributed by atoms with Crippen LogP contribution < -0.4 is 10.1 Å². The van der Waals surface area contributed by atoms with Gasteiger partial charge in [-0.25, -0.2) is 0 Å². The Hall–Kier alpha value is -1.06. The molecule has 2 unspecified atom stereocenters. The maximum Gasteiger partial charge on any atom is 0.122 e. The molecule has 3 heteroatoms. The predicted molar refractivity (Wildman–Crippen MR) is 82.2 cm³/mol. The van der Waals surface area contributed by atoms with E-state index in [1.165, 1.54) is 5.56 Å². The lowest BCUT2D eigenvalue weighted by molar-refractivity contribution is 0.0516. The molecule has 1 aromatic carbocycles. The van der Waals surface area contributed by atoms with Crippen LogP contribution in [0.1, 0.15) is 45.1 Å². The van der Waals surface area contributed by atoms with Gasteiger partial charge < -0.3 is 15.2 Å². The second-order valence-electron chi connectivity index (χ2n) is 5.77. The van der Waals surface area contributed by atoms with Gasteiger partial charge in [0.05, 0.1) is 6.61 Å². The number of nitrogens with one attached hydrogen (secondary N) is 1. The Kier molecular flexibility index (Phi) is 5.44. The number of aliphatic hydroxyl groups is 1. The molecule has 3 nitrogen and oxygen atoms in total. The molecule has 0 spiro atoms. The van der Waals surface area contributed by atoms with Crippen molar-refractivity contribution in [3.63, 3.8) is 0 Å². The van der Waals surface area contributed by atoms with Crippen LogP contribution in [0.2, 0.25) is 0 Å². The van der Waals surface area contributed by atoms with Gasteiger partial charge in [-0.3, -0.25) is 0 Å². The first-order valence-electron chi connectivity index (χ1n) is 7.83. The number of hydrogen-bond donors (Lipinski definition) is 2. The van der Waals surface area contributed by atoms with Crippen LogP contribution in [0.3, 0.4) is 0 Å². The number of likely N-dealkylation sites (N-methyl/N-ethyl adjacent to an activating group) is 1. The Balaban J connectivity index is 2.05. The molecule has 1 aliphatic rings. The molecule has 2 N–H and O–H groups in total. The molecule has 2 atom stereocenters. The minimum absolute atomic E-state index is 0.154. The fraction of sp³-hybridized carbons (Fsp3) is 0.647. The first-order valence-corrected chi connectivity index (χ1v) is 7.83. The van der Waals surface area contributed by atoms with Crippen LogP contribution in [0.25, 0.3) is 0 Å². The molecule has 0 heterocycles. The summed E-state index contributed by atoms with van der Waals surface area (Å²) in [6.45, 7) is 5.32. The molecule has 112 valence electrons. The normalized spacial score (nSPS) is 26.4. The van der Waals surface area contributed by atoms with Crippen molar-refractivity contribution in [2.24, 2.45) is 0 Å². The van der Waals surface area contributed by atoms with Gasteiger partial charge in [0.2, 0.25) is 0 Å². The maximum atomic E-state index is 9.74. The molecule has 2 rings (SSSR count). The Morgan fingerprint density at radius 3 is 2.85 bits per heavy atom. The average Bonchev–Trinajstić information content (AvgIpc) is 2.48. The van der Waals surface area contributed by atoms with E-state index < -0.39 is 0 Å². The maximum absolute atomic E-state index is 9.74. The SMILES string of the molecule is CCNC1(CO)CCCC(Oc2ccccc2CC)C1. The highest BCUT2D eigenvalue weighted by molar-refractivity contribution is 5.33. The zero-order chi connectivity index (χ0) is 14.4. The summed E-state index contributed by atoms with van der Waals surface area (Å²) in [6, 6.07) is 8.27. The molecule has 20 heavy (non-hydrogen) atoms. The Morgan fingerprint density at radius 2 is 2.15 bits per heavy atom. The van der Waals surface area contributed by atoms with E-state index in [1.807, 2.05) is 6.07 Å². The fourth-order valence-corrected chi connectivity index (χ4v) is 3.23. The van der Waals surface area contributed by atoms with Crippen LogP contribution in [-0.2, 0) is 6.42 Å². The van der Waals surface area contributed by atoms with Crippen molar-refractivity contribution in [1.29, 1.82) is 0 Å².